The molecule has 1 aliphatic carbocycles. The van der Waals surface area contributed by atoms with Crippen molar-refractivity contribution in [3.63, 3.8) is 0 Å². The average Bonchev–Trinajstić information content (AvgIpc) is 2.96. The summed E-state index contributed by atoms with van der Waals surface area (Å²) in [5, 5.41) is 13.1. The second-order valence-corrected chi connectivity index (χ2v) is 6.62. The number of hydrogen-bond acceptors (Lipinski definition) is 4. The van der Waals surface area contributed by atoms with Gasteiger partial charge in [-0.2, -0.15) is 5.10 Å². The van der Waals surface area contributed by atoms with Crippen LogP contribution in [0.4, 0.5) is 0 Å². The van der Waals surface area contributed by atoms with Crippen molar-refractivity contribution in [1.29, 1.82) is 0 Å². The van der Waals surface area contributed by atoms with Gasteiger partial charge in [0.1, 0.15) is 0 Å². The van der Waals surface area contributed by atoms with Crippen molar-refractivity contribution in [2.24, 2.45) is 12.5 Å². The molecular weight excluding hydrogens is 270 g/mol. The zero-order chi connectivity index (χ0) is 14.1. The van der Waals surface area contributed by atoms with Crippen LogP contribution in [0.25, 0.3) is 0 Å². The van der Waals surface area contributed by atoms with Gasteiger partial charge in [0.15, 0.2) is 5.03 Å². The molecule has 1 saturated carbocycles. The summed E-state index contributed by atoms with van der Waals surface area (Å²) in [5.41, 5.74) is -0.967. The van der Waals surface area contributed by atoms with E-state index >= 15 is 0 Å². The van der Waals surface area contributed by atoms with Crippen molar-refractivity contribution in [2.75, 3.05) is 6.54 Å². The van der Waals surface area contributed by atoms with Crippen LogP contribution in [0.3, 0.4) is 0 Å². The summed E-state index contributed by atoms with van der Waals surface area (Å²) in [7, 11) is -2.19. The Bertz CT molecular complexity index is 573. The molecule has 1 aromatic heterocycles. The van der Waals surface area contributed by atoms with E-state index in [-0.39, 0.29) is 11.6 Å². The number of carboxylic acid groups (broad SMARTS) is 1. The van der Waals surface area contributed by atoms with Crippen LogP contribution in [0.5, 0.6) is 0 Å². The van der Waals surface area contributed by atoms with Gasteiger partial charge in [-0.3, -0.25) is 9.48 Å². The van der Waals surface area contributed by atoms with E-state index < -0.39 is 21.4 Å². The SMILES string of the molecule is Cn1nccc1S(=O)(=O)NCC1(C(=O)O)CCCC1. The molecule has 1 aromatic rings. The number of aliphatic carboxylic acids is 1. The lowest BCUT2D eigenvalue weighted by atomic mass is 9.87. The topological polar surface area (TPSA) is 101 Å². The minimum Gasteiger partial charge on any atom is -0.481 e. The number of sulfonamides is 1. The lowest BCUT2D eigenvalue weighted by Gasteiger charge is -2.23. The maximum atomic E-state index is 12.1. The summed E-state index contributed by atoms with van der Waals surface area (Å²) in [4.78, 5) is 11.3. The first-order valence-electron chi connectivity index (χ1n) is 6.08. The quantitative estimate of drug-likeness (QED) is 0.813. The molecule has 0 amide bonds. The fourth-order valence-electron chi connectivity index (χ4n) is 2.45. The summed E-state index contributed by atoms with van der Waals surface area (Å²) < 4.78 is 27.8. The number of aryl methyl sites for hydroxylation is 1. The number of nitrogens with zero attached hydrogens (tertiary/aromatic N) is 2. The second-order valence-electron chi connectivity index (χ2n) is 4.91. The Hall–Kier alpha value is -1.41. The number of nitrogens with one attached hydrogen (secondary N) is 1. The molecule has 7 nitrogen and oxygen atoms in total. The molecule has 8 heteroatoms. The number of aromatic nitrogens is 2. The third kappa shape index (κ3) is 2.64. The number of hydrogen-bond donors (Lipinski definition) is 2. The smallest absolute Gasteiger partial charge is 0.310 e. The maximum absolute atomic E-state index is 12.1. The van der Waals surface area contributed by atoms with Crippen molar-refractivity contribution >= 4 is 16.0 Å². The molecule has 0 aromatic carbocycles. The first-order chi connectivity index (χ1) is 8.87. The molecular formula is C11H17N3O4S. The van der Waals surface area contributed by atoms with Gasteiger partial charge >= 0.3 is 5.97 Å². The molecule has 0 aliphatic heterocycles. The lowest BCUT2D eigenvalue weighted by Crippen LogP contribution is -2.41. The van der Waals surface area contributed by atoms with Crippen molar-refractivity contribution in [2.45, 2.75) is 30.7 Å². The molecule has 0 spiro atoms. The van der Waals surface area contributed by atoms with Crippen LogP contribution >= 0.6 is 0 Å². The van der Waals surface area contributed by atoms with Crippen molar-refractivity contribution < 1.29 is 18.3 Å². The van der Waals surface area contributed by atoms with E-state index in [2.05, 4.69) is 9.82 Å². The summed E-state index contributed by atoms with van der Waals surface area (Å²) in [6.45, 7) is -0.0736. The third-order valence-electron chi connectivity index (χ3n) is 3.67. The molecule has 0 saturated heterocycles. The van der Waals surface area contributed by atoms with Gasteiger partial charge < -0.3 is 5.11 Å². The van der Waals surface area contributed by atoms with Gasteiger partial charge in [0.25, 0.3) is 10.0 Å². The molecule has 1 heterocycles. The summed E-state index contributed by atoms with van der Waals surface area (Å²) in [6.07, 6.45) is 4.04. The third-order valence-corrected chi connectivity index (χ3v) is 5.14. The number of rotatable bonds is 5. The zero-order valence-corrected chi connectivity index (χ0v) is 11.5. The van der Waals surface area contributed by atoms with E-state index in [1.807, 2.05) is 0 Å². The Balaban J connectivity index is 2.14. The number of carbonyl (C=O) groups is 1. The lowest BCUT2D eigenvalue weighted by molar-refractivity contribution is -0.148. The Morgan fingerprint density at radius 2 is 2.16 bits per heavy atom. The van der Waals surface area contributed by atoms with Gasteiger partial charge in [-0.15, -0.1) is 0 Å². The normalized spacial score (nSPS) is 18.6. The first kappa shape index (κ1) is 14.0. The van der Waals surface area contributed by atoms with Gasteiger partial charge in [-0.25, -0.2) is 13.1 Å². The second kappa shape index (κ2) is 4.93. The molecule has 2 N–H and O–H groups in total. The highest BCUT2D eigenvalue weighted by Gasteiger charge is 2.42. The van der Waals surface area contributed by atoms with Gasteiger partial charge in [0.2, 0.25) is 0 Å². The standard InChI is InChI=1S/C11H17N3O4S/c1-14-9(4-7-12-14)19(17,18)13-8-11(10(15)16)5-2-3-6-11/h4,7,13H,2-3,5-6,8H2,1H3,(H,15,16). The van der Waals surface area contributed by atoms with Crippen molar-refractivity contribution in [3.8, 4) is 0 Å². The number of carboxylic acids is 1. The predicted molar refractivity (Wildman–Crippen MR) is 66.9 cm³/mol. The van der Waals surface area contributed by atoms with Gasteiger partial charge in [0, 0.05) is 13.6 Å². The Kier molecular flexibility index (Phi) is 3.64. The van der Waals surface area contributed by atoms with E-state index in [1.165, 1.54) is 24.0 Å². The fourth-order valence-corrected chi connectivity index (χ4v) is 3.70. The van der Waals surface area contributed by atoms with Crippen molar-refractivity contribution in [3.05, 3.63) is 12.3 Å². The Morgan fingerprint density at radius 1 is 1.53 bits per heavy atom. The molecule has 0 atom stereocenters. The molecule has 0 bridgehead atoms. The minimum absolute atomic E-state index is 0.0334. The highest BCUT2D eigenvalue weighted by molar-refractivity contribution is 7.89. The van der Waals surface area contributed by atoms with Crippen LogP contribution in [0.2, 0.25) is 0 Å². The van der Waals surface area contributed by atoms with Crippen LogP contribution in [0.15, 0.2) is 17.3 Å². The molecule has 1 fully saturated rings. The molecule has 0 radical (unpaired) electrons. The van der Waals surface area contributed by atoms with E-state index in [4.69, 9.17) is 0 Å². The van der Waals surface area contributed by atoms with Crippen LogP contribution in [0.1, 0.15) is 25.7 Å². The molecule has 1 aliphatic rings. The van der Waals surface area contributed by atoms with E-state index in [1.54, 1.807) is 0 Å². The van der Waals surface area contributed by atoms with Crippen molar-refractivity contribution in [1.82, 2.24) is 14.5 Å². The van der Waals surface area contributed by atoms with Crippen LogP contribution in [-0.4, -0.2) is 35.8 Å². The van der Waals surface area contributed by atoms with Crippen LogP contribution in [-0.2, 0) is 21.9 Å². The Morgan fingerprint density at radius 3 is 2.63 bits per heavy atom. The largest absolute Gasteiger partial charge is 0.481 e. The van der Waals surface area contributed by atoms with Gasteiger partial charge in [-0.05, 0) is 18.9 Å². The monoisotopic (exact) mass is 287 g/mol. The summed E-state index contributed by atoms with van der Waals surface area (Å²) >= 11 is 0. The summed E-state index contributed by atoms with van der Waals surface area (Å²) in [6, 6.07) is 1.38. The first-order valence-corrected chi connectivity index (χ1v) is 7.57. The minimum atomic E-state index is -3.72. The van der Waals surface area contributed by atoms with Gasteiger partial charge in [0.05, 0.1) is 11.6 Å². The Labute approximate surface area is 111 Å². The maximum Gasteiger partial charge on any atom is 0.310 e. The molecule has 2 rings (SSSR count). The molecule has 0 unspecified atom stereocenters. The van der Waals surface area contributed by atoms with Crippen LogP contribution in [0, 0.1) is 5.41 Å². The van der Waals surface area contributed by atoms with E-state index in [0.29, 0.717) is 12.8 Å². The highest BCUT2D eigenvalue weighted by Crippen LogP contribution is 2.38. The molecule has 19 heavy (non-hydrogen) atoms. The highest BCUT2D eigenvalue weighted by atomic mass is 32.2. The van der Waals surface area contributed by atoms with E-state index in [0.717, 1.165) is 12.8 Å². The zero-order valence-electron chi connectivity index (χ0n) is 10.7. The molecule has 106 valence electrons. The van der Waals surface area contributed by atoms with Gasteiger partial charge in [-0.1, -0.05) is 12.8 Å². The summed E-state index contributed by atoms with van der Waals surface area (Å²) in [5.74, 6) is -0.933. The fraction of sp³-hybridized carbons (Fsp3) is 0.636. The van der Waals surface area contributed by atoms with E-state index in [9.17, 15) is 18.3 Å². The predicted octanol–water partition coefficient (Wildman–Crippen LogP) is 0.343. The van der Waals surface area contributed by atoms with Crippen LogP contribution < -0.4 is 4.72 Å². The average molecular weight is 287 g/mol.